The molecule has 1 heterocycles. The van der Waals surface area contributed by atoms with Crippen molar-refractivity contribution in [3.05, 3.63) is 59.2 Å². The molecule has 1 aliphatic heterocycles. The largest absolute Gasteiger partial charge is 0.497 e. The maximum atomic E-state index is 12.5. The predicted octanol–water partition coefficient (Wildman–Crippen LogP) is 3.71. The molecule has 2 aromatic carbocycles. The van der Waals surface area contributed by atoms with Gasteiger partial charge in [0, 0.05) is 19.0 Å². The van der Waals surface area contributed by atoms with Crippen LogP contribution in [0, 0.1) is 13.8 Å². The average Bonchev–Trinajstić information content (AvgIpc) is 3.11. The second-order valence-electron chi connectivity index (χ2n) is 6.61. The van der Waals surface area contributed by atoms with Crippen LogP contribution in [0.25, 0.3) is 0 Å². The molecular formula is C21H25NO3. The topological polar surface area (TPSA) is 38.8 Å². The number of ether oxygens (including phenoxy) is 2. The third kappa shape index (κ3) is 3.95. The molecule has 1 amide bonds. The lowest BCUT2D eigenvalue weighted by Gasteiger charge is -2.18. The molecule has 25 heavy (non-hydrogen) atoms. The number of benzene rings is 2. The highest BCUT2D eigenvalue weighted by molar-refractivity contribution is 5.78. The van der Waals surface area contributed by atoms with Gasteiger partial charge >= 0.3 is 0 Å². The Hall–Kier alpha value is -2.49. The smallest absolute Gasteiger partial charge is 0.260 e. The maximum absolute atomic E-state index is 12.5. The van der Waals surface area contributed by atoms with Crippen molar-refractivity contribution >= 4 is 5.91 Å². The van der Waals surface area contributed by atoms with E-state index in [4.69, 9.17) is 9.47 Å². The third-order valence-electron chi connectivity index (χ3n) is 4.88. The van der Waals surface area contributed by atoms with E-state index in [0.717, 1.165) is 42.1 Å². The molecule has 4 nitrogen and oxygen atoms in total. The molecule has 0 aliphatic carbocycles. The number of likely N-dealkylation sites (tertiary alicyclic amines) is 1. The number of rotatable bonds is 5. The molecule has 2 aromatic rings. The zero-order valence-electron chi connectivity index (χ0n) is 15.1. The van der Waals surface area contributed by atoms with Crippen molar-refractivity contribution < 1.29 is 14.3 Å². The first-order valence-corrected chi connectivity index (χ1v) is 8.69. The number of methoxy groups -OCH3 is 1. The predicted molar refractivity (Wildman–Crippen MR) is 98.3 cm³/mol. The summed E-state index contributed by atoms with van der Waals surface area (Å²) in [5, 5.41) is 0. The minimum absolute atomic E-state index is 0.0543. The lowest BCUT2D eigenvalue weighted by molar-refractivity contribution is -0.132. The van der Waals surface area contributed by atoms with Gasteiger partial charge in [-0.3, -0.25) is 4.79 Å². The highest BCUT2D eigenvalue weighted by atomic mass is 16.5. The van der Waals surface area contributed by atoms with Crippen molar-refractivity contribution in [3.8, 4) is 11.5 Å². The van der Waals surface area contributed by atoms with Crippen LogP contribution in [-0.4, -0.2) is 37.6 Å². The Morgan fingerprint density at radius 1 is 1.12 bits per heavy atom. The Labute approximate surface area is 149 Å². The Balaban J connectivity index is 1.57. The van der Waals surface area contributed by atoms with Crippen LogP contribution in [-0.2, 0) is 4.79 Å². The van der Waals surface area contributed by atoms with E-state index in [0.29, 0.717) is 5.92 Å². The maximum Gasteiger partial charge on any atom is 0.260 e. The Kier molecular flexibility index (Phi) is 5.27. The highest BCUT2D eigenvalue weighted by Gasteiger charge is 2.27. The second kappa shape index (κ2) is 7.60. The van der Waals surface area contributed by atoms with Crippen LogP contribution in [0.2, 0.25) is 0 Å². The monoisotopic (exact) mass is 339 g/mol. The zero-order chi connectivity index (χ0) is 17.8. The van der Waals surface area contributed by atoms with Crippen LogP contribution < -0.4 is 9.47 Å². The lowest BCUT2D eigenvalue weighted by Crippen LogP contribution is -2.33. The molecule has 1 saturated heterocycles. The first kappa shape index (κ1) is 17.3. The fourth-order valence-corrected chi connectivity index (χ4v) is 3.39. The molecule has 4 heteroatoms. The first-order chi connectivity index (χ1) is 12.1. The summed E-state index contributed by atoms with van der Waals surface area (Å²) in [6.45, 7) is 5.64. The van der Waals surface area contributed by atoms with Gasteiger partial charge in [-0.25, -0.2) is 0 Å². The van der Waals surface area contributed by atoms with Crippen molar-refractivity contribution in [2.45, 2.75) is 26.2 Å². The molecule has 132 valence electrons. The number of nitrogens with zero attached hydrogens (tertiary/aromatic N) is 1. The number of carbonyl (C=O) groups is 1. The third-order valence-corrected chi connectivity index (χ3v) is 4.88. The second-order valence-corrected chi connectivity index (χ2v) is 6.61. The quantitative estimate of drug-likeness (QED) is 0.834. The molecule has 1 aliphatic rings. The van der Waals surface area contributed by atoms with Crippen LogP contribution in [0.1, 0.15) is 29.0 Å². The summed E-state index contributed by atoms with van der Waals surface area (Å²) in [6, 6.07) is 14.1. The Morgan fingerprint density at radius 2 is 1.80 bits per heavy atom. The number of hydrogen-bond donors (Lipinski definition) is 0. The van der Waals surface area contributed by atoms with E-state index in [-0.39, 0.29) is 12.5 Å². The van der Waals surface area contributed by atoms with Gasteiger partial charge in [0.05, 0.1) is 7.11 Å². The minimum Gasteiger partial charge on any atom is -0.497 e. The molecule has 0 spiro atoms. The van der Waals surface area contributed by atoms with Gasteiger partial charge in [-0.15, -0.1) is 0 Å². The normalized spacial score (nSPS) is 16.8. The molecule has 1 unspecified atom stereocenters. The van der Waals surface area contributed by atoms with E-state index in [2.05, 4.69) is 12.1 Å². The van der Waals surface area contributed by atoms with Gasteiger partial charge in [0.15, 0.2) is 6.61 Å². The molecule has 3 rings (SSSR count). The summed E-state index contributed by atoms with van der Waals surface area (Å²) in [6.07, 6.45) is 0.988. The van der Waals surface area contributed by atoms with Gasteiger partial charge in [0.25, 0.3) is 5.91 Å². The van der Waals surface area contributed by atoms with Crippen LogP contribution >= 0.6 is 0 Å². The molecule has 1 atom stereocenters. The standard InChI is InChI=1S/C21H25NO3/c1-15-5-4-6-16(2)21(15)25-14-20(23)22-12-11-18(13-22)17-7-9-19(24-3)10-8-17/h4-10,18H,11-14H2,1-3H3. The van der Waals surface area contributed by atoms with Gasteiger partial charge in [-0.1, -0.05) is 30.3 Å². The van der Waals surface area contributed by atoms with E-state index in [1.54, 1.807) is 7.11 Å². The molecule has 0 N–H and O–H groups in total. The molecule has 1 fully saturated rings. The van der Waals surface area contributed by atoms with Crippen molar-refractivity contribution in [3.63, 3.8) is 0 Å². The highest BCUT2D eigenvalue weighted by Crippen LogP contribution is 2.29. The molecule has 0 bridgehead atoms. The number of para-hydroxylation sites is 1. The molecular weight excluding hydrogens is 314 g/mol. The van der Waals surface area contributed by atoms with Gasteiger partial charge in [0.2, 0.25) is 0 Å². The van der Waals surface area contributed by atoms with Gasteiger partial charge in [-0.05, 0) is 49.1 Å². The number of amides is 1. The summed E-state index contributed by atoms with van der Waals surface area (Å²) in [4.78, 5) is 14.4. The minimum atomic E-state index is 0.0543. The van der Waals surface area contributed by atoms with Crippen LogP contribution in [0.15, 0.2) is 42.5 Å². The number of aryl methyl sites for hydroxylation is 2. The van der Waals surface area contributed by atoms with Gasteiger partial charge in [-0.2, -0.15) is 0 Å². The van der Waals surface area contributed by atoms with Crippen molar-refractivity contribution in [2.24, 2.45) is 0 Å². The SMILES string of the molecule is COc1ccc(C2CCN(C(=O)COc3c(C)cccc3C)C2)cc1. The van der Waals surface area contributed by atoms with Gasteiger partial charge < -0.3 is 14.4 Å². The zero-order valence-corrected chi connectivity index (χ0v) is 15.1. The fourth-order valence-electron chi connectivity index (χ4n) is 3.39. The first-order valence-electron chi connectivity index (χ1n) is 8.69. The number of carbonyl (C=O) groups excluding carboxylic acids is 1. The summed E-state index contributed by atoms with van der Waals surface area (Å²) in [5.41, 5.74) is 3.38. The van der Waals surface area contributed by atoms with E-state index in [1.165, 1.54) is 5.56 Å². The van der Waals surface area contributed by atoms with E-state index < -0.39 is 0 Å². The summed E-state index contributed by atoms with van der Waals surface area (Å²) in [5.74, 6) is 2.12. The van der Waals surface area contributed by atoms with Crippen molar-refractivity contribution in [2.75, 3.05) is 26.8 Å². The summed E-state index contributed by atoms with van der Waals surface area (Å²) in [7, 11) is 1.67. The average molecular weight is 339 g/mol. The summed E-state index contributed by atoms with van der Waals surface area (Å²) >= 11 is 0. The van der Waals surface area contributed by atoms with Crippen molar-refractivity contribution in [1.29, 1.82) is 0 Å². The van der Waals surface area contributed by atoms with Crippen LogP contribution in [0.5, 0.6) is 11.5 Å². The van der Waals surface area contributed by atoms with Crippen LogP contribution in [0.4, 0.5) is 0 Å². The van der Waals surface area contributed by atoms with Crippen molar-refractivity contribution in [1.82, 2.24) is 4.90 Å². The summed E-state index contributed by atoms with van der Waals surface area (Å²) < 4.78 is 11.0. The van der Waals surface area contributed by atoms with Gasteiger partial charge in [0.1, 0.15) is 11.5 Å². The van der Waals surface area contributed by atoms with E-state index >= 15 is 0 Å². The van der Waals surface area contributed by atoms with E-state index in [9.17, 15) is 4.79 Å². The fraction of sp³-hybridized carbons (Fsp3) is 0.381. The molecule has 0 radical (unpaired) electrons. The number of hydrogen-bond acceptors (Lipinski definition) is 3. The van der Waals surface area contributed by atoms with E-state index in [1.807, 2.05) is 49.1 Å². The Morgan fingerprint density at radius 3 is 2.44 bits per heavy atom. The lowest BCUT2D eigenvalue weighted by atomic mass is 9.98. The molecule has 0 saturated carbocycles. The molecule has 0 aromatic heterocycles. The Bertz CT molecular complexity index is 719. The van der Waals surface area contributed by atoms with Crippen LogP contribution in [0.3, 0.4) is 0 Å².